The third-order valence-corrected chi connectivity index (χ3v) is 8.04. The fraction of sp³-hybridized carbons (Fsp3) is 0.414. The molecule has 2 fully saturated rings. The number of pyridine rings is 3. The van der Waals surface area contributed by atoms with Gasteiger partial charge in [-0.3, -0.25) is 15.1 Å². The average molecular weight is 508 g/mol. The number of piperidine rings is 1. The van der Waals surface area contributed by atoms with Crippen LogP contribution in [0.25, 0.3) is 44.7 Å². The number of H-pyrrole nitrogens is 2. The quantitative estimate of drug-likeness (QED) is 0.277. The molecule has 0 radical (unpaired) electrons. The number of anilines is 1. The monoisotopic (exact) mass is 507 g/mol. The van der Waals surface area contributed by atoms with E-state index >= 15 is 0 Å². The van der Waals surface area contributed by atoms with Crippen LogP contribution in [0.1, 0.15) is 50.5 Å². The van der Waals surface area contributed by atoms with Crippen molar-refractivity contribution in [2.45, 2.75) is 51.5 Å². The SMILES string of the molecule is c1cc2[nH]c(-c3n[nH]c4cnc(-c5cncc(CNCC6CCCC6)c5)cc34)nc2c(N2CCCCC2)n1. The smallest absolute Gasteiger partial charge is 0.159 e. The van der Waals surface area contributed by atoms with Crippen molar-refractivity contribution >= 4 is 27.8 Å². The number of nitrogens with one attached hydrogen (secondary N) is 3. The van der Waals surface area contributed by atoms with E-state index in [1.165, 1.54) is 50.5 Å². The molecular weight excluding hydrogens is 474 g/mol. The minimum absolute atomic E-state index is 0.734. The number of aromatic amines is 2. The summed E-state index contributed by atoms with van der Waals surface area (Å²) in [6.45, 7) is 3.96. The number of hydrogen-bond donors (Lipinski definition) is 3. The summed E-state index contributed by atoms with van der Waals surface area (Å²) in [5.41, 5.74) is 6.58. The molecule has 0 bridgehead atoms. The van der Waals surface area contributed by atoms with Crippen molar-refractivity contribution < 1.29 is 0 Å². The fourth-order valence-corrected chi connectivity index (χ4v) is 5.99. The zero-order valence-electron chi connectivity index (χ0n) is 21.6. The van der Waals surface area contributed by atoms with Crippen LogP contribution in [-0.4, -0.2) is 54.8 Å². The van der Waals surface area contributed by atoms with Crippen LogP contribution in [0.2, 0.25) is 0 Å². The molecule has 5 aromatic rings. The van der Waals surface area contributed by atoms with Gasteiger partial charge in [-0.1, -0.05) is 12.8 Å². The molecule has 1 aliphatic carbocycles. The highest BCUT2D eigenvalue weighted by molar-refractivity contribution is 5.96. The van der Waals surface area contributed by atoms with Crippen LogP contribution in [0.4, 0.5) is 5.82 Å². The molecule has 7 rings (SSSR count). The summed E-state index contributed by atoms with van der Waals surface area (Å²) in [5.74, 6) is 2.51. The number of imidazole rings is 1. The maximum absolute atomic E-state index is 4.98. The van der Waals surface area contributed by atoms with E-state index in [1.54, 1.807) is 0 Å². The van der Waals surface area contributed by atoms with E-state index in [4.69, 9.17) is 9.97 Å². The molecule has 0 atom stereocenters. The van der Waals surface area contributed by atoms with Gasteiger partial charge in [0, 0.05) is 49.2 Å². The minimum atomic E-state index is 0.734. The number of aromatic nitrogens is 7. The predicted octanol–water partition coefficient (Wildman–Crippen LogP) is 5.23. The molecule has 0 amide bonds. The highest BCUT2D eigenvalue weighted by atomic mass is 15.2. The molecule has 1 aliphatic heterocycles. The Labute approximate surface area is 221 Å². The van der Waals surface area contributed by atoms with Crippen LogP contribution >= 0.6 is 0 Å². The van der Waals surface area contributed by atoms with E-state index in [-0.39, 0.29) is 0 Å². The van der Waals surface area contributed by atoms with Crippen molar-refractivity contribution in [2.75, 3.05) is 24.5 Å². The van der Waals surface area contributed by atoms with Gasteiger partial charge >= 0.3 is 0 Å². The maximum Gasteiger partial charge on any atom is 0.159 e. The summed E-state index contributed by atoms with van der Waals surface area (Å²) in [6, 6.07) is 6.25. The Morgan fingerprint density at radius 2 is 1.84 bits per heavy atom. The molecule has 2 aliphatic rings. The number of nitrogens with zero attached hydrogens (tertiary/aromatic N) is 6. The van der Waals surface area contributed by atoms with E-state index in [1.807, 2.05) is 30.9 Å². The first-order chi connectivity index (χ1) is 18.8. The average Bonchev–Trinajstić information content (AvgIpc) is 3.73. The lowest BCUT2D eigenvalue weighted by atomic mass is 10.1. The van der Waals surface area contributed by atoms with Crippen molar-refractivity contribution in [3.05, 3.63) is 48.5 Å². The summed E-state index contributed by atoms with van der Waals surface area (Å²) >= 11 is 0. The van der Waals surface area contributed by atoms with Crippen LogP contribution in [0.5, 0.6) is 0 Å². The van der Waals surface area contributed by atoms with Crippen molar-refractivity contribution in [1.29, 1.82) is 0 Å². The normalized spacial score (nSPS) is 16.7. The van der Waals surface area contributed by atoms with Crippen LogP contribution in [0, 0.1) is 5.92 Å². The van der Waals surface area contributed by atoms with E-state index in [2.05, 4.69) is 47.5 Å². The zero-order chi connectivity index (χ0) is 25.3. The molecule has 0 aromatic carbocycles. The van der Waals surface area contributed by atoms with Gasteiger partial charge in [0.05, 0.1) is 22.9 Å². The molecule has 1 saturated carbocycles. The molecule has 0 spiro atoms. The lowest BCUT2D eigenvalue weighted by Crippen LogP contribution is -2.30. The largest absolute Gasteiger partial charge is 0.355 e. The molecule has 5 aromatic heterocycles. The van der Waals surface area contributed by atoms with Gasteiger partial charge in [0.1, 0.15) is 11.2 Å². The lowest BCUT2D eigenvalue weighted by molar-refractivity contribution is 0.489. The van der Waals surface area contributed by atoms with Crippen molar-refractivity contribution in [2.24, 2.45) is 5.92 Å². The van der Waals surface area contributed by atoms with E-state index in [0.29, 0.717) is 0 Å². The van der Waals surface area contributed by atoms with Crippen LogP contribution in [0.15, 0.2) is 43.0 Å². The standard InChI is InChI=1S/C29H33N9/c1-4-10-38(11-5-1)29-27-23(8-9-32-29)34-28(35-27)26-22-13-24(33-18-25(22)36-37-26)21-12-20(16-31-17-21)15-30-14-19-6-2-3-7-19/h8-9,12-13,16-19,30H,1-7,10-11,14-15H2,(H,34,35)(H,36,37). The minimum Gasteiger partial charge on any atom is -0.355 e. The Morgan fingerprint density at radius 3 is 2.74 bits per heavy atom. The Kier molecular flexibility index (Phi) is 6.21. The van der Waals surface area contributed by atoms with Gasteiger partial charge in [-0.15, -0.1) is 0 Å². The first-order valence-electron chi connectivity index (χ1n) is 13.9. The summed E-state index contributed by atoms with van der Waals surface area (Å²) in [7, 11) is 0. The Bertz CT molecular complexity index is 1560. The summed E-state index contributed by atoms with van der Waals surface area (Å²) in [6.07, 6.45) is 16.6. The van der Waals surface area contributed by atoms with E-state index in [9.17, 15) is 0 Å². The number of hydrogen-bond acceptors (Lipinski definition) is 7. The second-order valence-electron chi connectivity index (χ2n) is 10.7. The second kappa shape index (κ2) is 10.1. The molecule has 3 N–H and O–H groups in total. The molecule has 194 valence electrons. The van der Waals surface area contributed by atoms with Crippen molar-refractivity contribution in [3.8, 4) is 22.8 Å². The van der Waals surface area contributed by atoms with Gasteiger partial charge < -0.3 is 15.2 Å². The van der Waals surface area contributed by atoms with Gasteiger partial charge in [-0.05, 0) is 68.3 Å². The predicted molar refractivity (Wildman–Crippen MR) is 150 cm³/mol. The van der Waals surface area contributed by atoms with Crippen LogP contribution < -0.4 is 10.2 Å². The van der Waals surface area contributed by atoms with Gasteiger partial charge in [0.25, 0.3) is 0 Å². The zero-order valence-corrected chi connectivity index (χ0v) is 21.6. The summed E-state index contributed by atoms with van der Waals surface area (Å²) < 4.78 is 0. The van der Waals surface area contributed by atoms with Crippen molar-refractivity contribution in [3.63, 3.8) is 0 Å². The fourth-order valence-electron chi connectivity index (χ4n) is 5.99. The van der Waals surface area contributed by atoms with E-state index < -0.39 is 0 Å². The summed E-state index contributed by atoms with van der Waals surface area (Å²) in [4.78, 5) is 24.7. The Hall–Kier alpha value is -3.85. The highest BCUT2D eigenvalue weighted by Crippen LogP contribution is 2.32. The summed E-state index contributed by atoms with van der Waals surface area (Å²) in [5, 5.41) is 12.3. The first-order valence-corrected chi connectivity index (χ1v) is 13.9. The molecule has 9 nitrogen and oxygen atoms in total. The number of rotatable bonds is 7. The van der Waals surface area contributed by atoms with Crippen LogP contribution in [-0.2, 0) is 6.54 Å². The van der Waals surface area contributed by atoms with Gasteiger partial charge in [0.2, 0.25) is 0 Å². The first kappa shape index (κ1) is 23.3. The lowest BCUT2D eigenvalue weighted by Gasteiger charge is -2.27. The molecule has 0 unspecified atom stereocenters. The highest BCUT2D eigenvalue weighted by Gasteiger charge is 2.20. The van der Waals surface area contributed by atoms with Crippen molar-refractivity contribution in [1.82, 2.24) is 40.4 Å². The second-order valence-corrected chi connectivity index (χ2v) is 10.7. The molecule has 38 heavy (non-hydrogen) atoms. The topological polar surface area (TPSA) is 111 Å². The third-order valence-electron chi connectivity index (χ3n) is 8.04. The number of fused-ring (bicyclic) bond motifs is 2. The van der Waals surface area contributed by atoms with Gasteiger partial charge in [0.15, 0.2) is 11.6 Å². The molecular formula is C29H33N9. The van der Waals surface area contributed by atoms with Crippen LogP contribution in [0.3, 0.4) is 0 Å². The Morgan fingerprint density at radius 1 is 0.947 bits per heavy atom. The molecule has 1 saturated heterocycles. The Balaban J connectivity index is 1.18. The maximum atomic E-state index is 4.98. The van der Waals surface area contributed by atoms with E-state index in [0.717, 1.165) is 82.6 Å². The van der Waals surface area contributed by atoms with Gasteiger partial charge in [-0.25, -0.2) is 9.97 Å². The van der Waals surface area contributed by atoms with Gasteiger partial charge in [-0.2, -0.15) is 5.10 Å². The molecule has 9 heteroatoms. The third kappa shape index (κ3) is 4.51. The molecule has 6 heterocycles.